The van der Waals surface area contributed by atoms with Crippen molar-refractivity contribution in [3.63, 3.8) is 0 Å². The predicted molar refractivity (Wildman–Crippen MR) is 90.7 cm³/mol. The first kappa shape index (κ1) is 18.3. The third-order valence-corrected chi connectivity index (χ3v) is 3.51. The van der Waals surface area contributed by atoms with Crippen LogP contribution in [0.4, 0.5) is 0 Å². The van der Waals surface area contributed by atoms with E-state index < -0.39 is 11.9 Å². The summed E-state index contributed by atoms with van der Waals surface area (Å²) in [5, 5.41) is 9.30. The van der Waals surface area contributed by atoms with E-state index in [0.717, 1.165) is 0 Å². The Morgan fingerprint density at radius 3 is 2.72 bits per heavy atom. The normalized spacial score (nSPS) is 10.9. The van der Waals surface area contributed by atoms with Gasteiger partial charge in [0.15, 0.2) is 0 Å². The third kappa shape index (κ3) is 4.28. The molecule has 0 atom stereocenters. The predicted octanol–water partition coefficient (Wildman–Crippen LogP) is 3.86. The van der Waals surface area contributed by atoms with Gasteiger partial charge < -0.3 is 13.9 Å². The topological polar surface area (TPSA) is 89.5 Å². The van der Waals surface area contributed by atoms with Gasteiger partial charge >= 0.3 is 11.9 Å². The summed E-state index contributed by atoms with van der Waals surface area (Å²) in [5.41, 5.74) is 0.632. The molecule has 25 heavy (non-hydrogen) atoms. The highest BCUT2D eigenvalue weighted by atomic mass is 35.5. The number of hydrogen-bond acceptors (Lipinski definition) is 6. The Bertz CT molecular complexity index is 876. The fourth-order valence-corrected chi connectivity index (χ4v) is 2.21. The lowest BCUT2D eigenvalue weighted by molar-refractivity contribution is -0.137. The number of hydrogen-bond donors (Lipinski definition) is 0. The maximum atomic E-state index is 11.7. The second kappa shape index (κ2) is 8.18. The van der Waals surface area contributed by atoms with Gasteiger partial charge in [0.05, 0.1) is 24.3 Å². The average molecular weight is 360 g/mol. The molecule has 0 unspecified atom stereocenters. The van der Waals surface area contributed by atoms with Gasteiger partial charge in [-0.2, -0.15) is 5.26 Å². The molecule has 0 N–H and O–H groups in total. The number of nitrogens with zero attached hydrogens (tertiary/aromatic N) is 1. The maximum Gasteiger partial charge on any atom is 0.349 e. The molecule has 0 saturated carbocycles. The van der Waals surface area contributed by atoms with Gasteiger partial charge in [-0.15, -0.1) is 0 Å². The van der Waals surface area contributed by atoms with Crippen LogP contribution in [0.5, 0.6) is 0 Å². The van der Waals surface area contributed by atoms with Crippen LogP contribution in [0.25, 0.3) is 17.4 Å². The van der Waals surface area contributed by atoms with E-state index in [1.165, 1.54) is 19.3 Å². The lowest BCUT2D eigenvalue weighted by atomic mass is 10.1. The van der Waals surface area contributed by atoms with Crippen LogP contribution in [-0.4, -0.2) is 25.7 Å². The number of methoxy groups -OCH3 is 1. The zero-order valence-corrected chi connectivity index (χ0v) is 14.3. The van der Waals surface area contributed by atoms with E-state index in [2.05, 4.69) is 4.74 Å². The van der Waals surface area contributed by atoms with Crippen LogP contribution < -0.4 is 0 Å². The fraction of sp³-hybridized carbons (Fsp3) is 0.167. The lowest BCUT2D eigenvalue weighted by Crippen LogP contribution is -2.05. The van der Waals surface area contributed by atoms with Gasteiger partial charge in [0, 0.05) is 11.6 Å². The van der Waals surface area contributed by atoms with Gasteiger partial charge in [-0.1, -0.05) is 11.6 Å². The molecule has 2 aromatic rings. The minimum Gasteiger partial charge on any atom is -0.465 e. The number of carbonyl (C=O) groups excluding carboxylic acids is 2. The SMILES string of the molecule is CCOC(=O)/C(C#N)=C/c1ccc(-c2ccc(Cl)c(C(=O)OC)c2)o1. The Morgan fingerprint density at radius 2 is 2.08 bits per heavy atom. The number of carbonyl (C=O) groups is 2. The van der Waals surface area contributed by atoms with E-state index in [4.69, 9.17) is 26.0 Å². The minimum absolute atomic E-state index is 0.169. The molecule has 0 aliphatic heterocycles. The second-order valence-corrected chi connectivity index (χ2v) is 5.19. The Labute approximate surface area is 149 Å². The van der Waals surface area contributed by atoms with Crippen molar-refractivity contribution in [2.24, 2.45) is 0 Å². The summed E-state index contributed by atoms with van der Waals surface area (Å²) in [6, 6.07) is 9.79. The Kier molecular flexibility index (Phi) is 5.98. The summed E-state index contributed by atoms with van der Waals surface area (Å²) in [6.07, 6.45) is 1.29. The highest BCUT2D eigenvalue weighted by molar-refractivity contribution is 6.33. The Hall–Kier alpha value is -3.04. The molecule has 0 saturated heterocycles. The highest BCUT2D eigenvalue weighted by Crippen LogP contribution is 2.28. The monoisotopic (exact) mass is 359 g/mol. The van der Waals surface area contributed by atoms with Gasteiger partial charge in [-0.3, -0.25) is 0 Å². The van der Waals surface area contributed by atoms with Crippen molar-refractivity contribution >= 4 is 29.6 Å². The molecule has 1 aromatic heterocycles. The smallest absolute Gasteiger partial charge is 0.349 e. The van der Waals surface area contributed by atoms with Crippen LogP contribution in [0.15, 0.2) is 40.3 Å². The summed E-state index contributed by atoms with van der Waals surface area (Å²) >= 11 is 5.99. The summed E-state index contributed by atoms with van der Waals surface area (Å²) in [7, 11) is 1.26. The molecule has 0 radical (unpaired) electrons. The van der Waals surface area contributed by atoms with Crippen molar-refractivity contribution in [2.45, 2.75) is 6.92 Å². The summed E-state index contributed by atoms with van der Waals surface area (Å²) in [4.78, 5) is 23.3. The van der Waals surface area contributed by atoms with E-state index in [0.29, 0.717) is 17.1 Å². The van der Waals surface area contributed by atoms with Crippen LogP contribution in [0.3, 0.4) is 0 Å². The number of rotatable bonds is 5. The molecule has 0 fully saturated rings. The minimum atomic E-state index is -0.720. The Morgan fingerprint density at radius 1 is 1.32 bits per heavy atom. The maximum absolute atomic E-state index is 11.7. The average Bonchev–Trinajstić information content (AvgIpc) is 3.08. The van der Waals surface area contributed by atoms with Gasteiger partial charge in [0.2, 0.25) is 0 Å². The molecule has 0 spiro atoms. The van der Waals surface area contributed by atoms with E-state index in [9.17, 15) is 9.59 Å². The number of halogens is 1. The van der Waals surface area contributed by atoms with E-state index in [1.807, 2.05) is 0 Å². The van der Waals surface area contributed by atoms with Crippen molar-refractivity contribution in [2.75, 3.05) is 13.7 Å². The summed E-state index contributed by atoms with van der Waals surface area (Å²) < 4.78 is 15.1. The number of ether oxygens (including phenoxy) is 2. The van der Waals surface area contributed by atoms with Crippen molar-refractivity contribution in [1.82, 2.24) is 0 Å². The standard InChI is InChI=1S/C18H14ClNO5/c1-3-24-17(21)12(10-20)8-13-5-7-16(25-13)11-4-6-15(19)14(9-11)18(22)23-2/h4-9H,3H2,1-2H3/b12-8+. The number of benzene rings is 1. The zero-order valence-electron chi connectivity index (χ0n) is 13.5. The molecule has 0 aliphatic rings. The molecule has 1 aromatic carbocycles. The Balaban J connectivity index is 2.34. The molecule has 0 aliphatic carbocycles. The van der Waals surface area contributed by atoms with Crippen LogP contribution in [0, 0.1) is 11.3 Å². The lowest BCUT2D eigenvalue weighted by Gasteiger charge is -2.04. The van der Waals surface area contributed by atoms with Crippen LogP contribution in [-0.2, 0) is 14.3 Å². The molecule has 128 valence electrons. The number of furan rings is 1. The molecule has 6 nitrogen and oxygen atoms in total. The first-order chi connectivity index (χ1) is 12.0. The quantitative estimate of drug-likeness (QED) is 0.457. The molecule has 0 amide bonds. The van der Waals surface area contributed by atoms with Crippen molar-refractivity contribution in [3.8, 4) is 17.4 Å². The van der Waals surface area contributed by atoms with Crippen LogP contribution in [0.2, 0.25) is 5.02 Å². The van der Waals surface area contributed by atoms with Crippen LogP contribution in [0.1, 0.15) is 23.0 Å². The molecule has 2 rings (SSSR count). The van der Waals surface area contributed by atoms with Crippen molar-refractivity contribution in [3.05, 3.63) is 52.3 Å². The van der Waals surface area contributed by atoms with Gasteiger partial charge in [-0.05, 0) is 37.3 Å². The summed E-state index contributed by atoms with van der Waals surface area (Å²) in [6.45, 7) is 1.82. The molecular formula is C18H14ClNO5. The third-order valence-electron chi connectivity index (χ3n) is 3.19. The van der Waals surface area contributed by atoms with E-state index >= 15 is 0 Å². The van der Waals surface area contributed by atoms with Crippen molar-refractivity contribution in [1.29, 1.82) is 5.26 Å². The van der Waals surface area contributed by atoms with E-state index in [1.54, 1.807) is 37.3 Å². The van der Waals surface area contributed by atoms with Gasteiger partial charge in [-0.25, -0.2) is 9.59 Å². The first-order valence-corrected chi connectivity index (χ1v) is 7.65. The van der Waals surface area contributed by atoms with Gasteiger partial charge in [0.25, 0.3) is 0 Å². The molecule has 7 heteroatoms. The largest absolute Gasteiger partial charge is 0.465 e. The highest BCUT2D eigenvalue weighted by Gasteiger charge is 2.15. The fourth-order valence-electron chi connectivity index (χ4n) is 2.02. The van der Waals surface area contributed by atoms with Crippen LogP contribution >= 0.6 is 11.6 Å². The number of nitriles is 1. The molecular weight excluding hydrogens is 346 g/mol. The zero-order chi connectivity index (χ0) is 18.4. The number of esters is 2. The van der Waals surface area contributed by atoms with Gasteiger partial charge in [0.1, 0.15) is 23.2 Å². The summed E-state index contributed by atoms with van der Waals surface area (Å²) in [5.74, 6) is -0.543. The molecule has 0 bridgehead atoms. The molecule has 1 heterocycles. The first-order valence-electron chi connectivity index (χ1n) is 7.27. The van der Waals surface area contributed by atoms with E-state index in [-0.39, 0.29) is 22.8 Å². The second-order valence-electron chi connectivity index (χ2n) is 4.78. The van der Waals surface area contributed by atoms with Crippen molar-refractivity contribution < 1.29 is 23.5 Å².